The van der Waals surface area contributed by atoms with Crippen LogP contribution in [0.2, 0.25) is 0 Å². The van der Waals surface area contributed by atoms with E-state index in [0.717, 1.165) is 5.69 Å². The molecule has 16 heavy (non-hydrogen) atoms. The van der Waals surface area contributed by atoms with Gasteiger partial charge >= 0.3 is 0 Å². The van der Waals surface area contributed by atoms with Gasteiger partial charge in [-0.2, -0.15) is 5.10 Å². The molecule has 0 saturated heterocycles. The topological polar surface area (TPSA) is 72.9 Å². The van der Waals surface area contributed by atoms with Crippen LogP contribution in [0.5, 0.6) is 0 Å². The maximum Gasteiger partial charge on any atom is 0.258 e. The Morgan fingerprint density at radius 2 is 2.31 bits per heavy atom. The van der Waals surface area contributed by atoms with Crippen LogP contribution in [-0.4, -0.2) is 15.7 Å². The molecule has 1 saturated carbocycles. The molecule has 1 atom stereocenters. The Hall–Kier alpha value is -1.36. The van der Waals surface area contributed by atoms with Crippen LogP contribution in [0.25, 0.3) is 0 Å². The molecular weight excluding hydrogens is 204 g/mol. The van der Waals surface area contributed by atoms with E-state index in [-0.39, 0.29) is 17.9 Å². The lowest BCUT2D eigenvalue weighted by Gasteiger charge is -2.19. The lowest BCUT2D eigenvalue weighted by molar-refractivity contribution is -0.125. The fraction of sp³-hybridized carbons (Fsp3) is 0.636. The Morgan fingerprint density at radius 3 is 2.81 bits per heavy atom. The molecular formula is C11H18N4O. The van der Waals surface area contributed by atoms with E-state index < -0.39 is 0 Å². The highest BCUT2D eigenvalue weighted by Crippen LogP contribution is 2.39. The summed E-state index contributed by atoms with van der Waals surface area (Å²) >= 11 is 0. The number of carbonyl (C=O) groups is 1. The summed E-state index contributed by atoms with van der Waals surface area (Å²) in [6.07, 6.45) is 4.30. The van der Waals surface area contributed by atoms with Gasteiger partial charge in [0.15, 0.2) is 0 Å². The molecule has 1 unspecified atom stereocenters. The molecule has 2 rings (SSSR count). The zero-order valence-corrected chi connectivity index (χ0v) is 9.68. The molecule has 5 heteroatoms. The van der Waals surface area contributed by atoms with E-state index in [1.807, 2.05) is 26.1 Å². The summed E-state index contributed by atoms with van der Waals surface area (Å²) in [5.74, 6) is 5.76. The third kappa shape index (κ3) is 2.09. The third-order valence-electron chi connectivity index (χ3n) is 2.95. The number of hydrazine groups is 1. The molecule has 3 N–H and O–H groups in total. The van der Waals surface area contributed by atoms with Gasteiger partial charge < -0.3 is 0 Å². The van der Waals surface area contributed by atoms with Gasteiger partial charge in [0.25, 0.3) is 5.91 Å². The largest absolute Gasteiger partial charge is 0.292 e. The molecule has 1 fully saturated rings. The molecule has 1 aliphatic carbocycles. The minimum Gasteiger partial charge on any atom is -0.292 e. The number of nitrogens with zero attached hydrogens (tertiary/aromatic N) is 2. The Morgan fingerprint density at radius 1 is 1.62 bits per heavy atom. The zero-order chi connectivity index (χ0) is 11.7. The minimum atomic E-state index is -0.322. The van der Waals surface area contributed by atoms with Crippen LogP contribution in [0.1, 0.15) is 44.3 Å². The average molecular weight is 222 g/mol. The predicted molar refractivity (Wildman–Crippen MR) is 60.4 cm³/mol. The van der Waals surface area contributed by atoms with Crippen molar-refractivity contribution in [1.29, 1.82) is 0 Å². The van der Waals surface area contributed by atoms with Gasteiger partial charge in [-0.25, -0.2) is 5.84 Å². The number of aromatic nitrogens is 2. The summed E-state index contributed by atoms with van der Waals surface area (Å²) in [5, 5.41) is 4.46. The van der Waals surface area contributed by atoms with Crippen molar-refractivity contribution < 1.29 is 4.79 Å². The van der Waals surface area contributed by atoms with Gasteiger partial charge in [0.2, 0.25) is 0 Å². The number of hydrogen-bond donors (Lipinski definition) is 2. The maximum absolute atomic E-state index is 11.7. The van der Waals surface area contributed by atoms with Crippen LogP contribution >= 0.6 is 0 Å². The number of hydrogen-bond acceptors (Lipinski definition) is 3. The van der Waals surface area contributed by atoms with Crippen molar-refractivity contribution >= 4 is 5.91 Å². The highest BCUT2D eigenvalue weighted by atomic mass is 16.2. The second-order valence-electron chi connectivity index (χ2n) is 4.69. The number of rotatable bonds is 4. The first kappa shape index (κ1) is 11.1. The fourth-order valence-electron chi connectivity index (χ4n) is 1.92. The SMILES string of the molecule is CC(C)C(C(=O)NN)n1ccc(C2CC2)n1. The van der Waals surface area contributed by atoms with Crippen molar-refractivity contribution in [2.75, 3.05) is 0 Å². The summed E-state index contributed by atoms with van der Waals surface area (Å²) in [5.41, 5.74) is 3.29. The lowest BCUT2D eigenvalue weighted by atomic mass is 10.0. The second kappa shape index (κ2) is 4.25. The van der Waals surface area contributed by atoms with Crippen LogP contribution < -0.4 is 11.3 Å². The van der Waals surface area contributed by atoms with Crippen LogP contribution in [0.3, 0.4) is 0 Å². The molecule has 0 aliphatic heterocycles. The molecule has 0 aromatic carbocycles. The highest BCUT2D eigenvalue weighted by Gasteiger charge is 2.29. The number of amides is 1. The van der Waals surface area contributed by atoms with Crippen molar-refractivity contribution in [1.82, 2.24) is 15.2 Å². The molecule has 0 bridgehead atoms. The van der Waals surface area contributed by atoms with E-state index in [0.29, 0.717) is 5.92 Å². The number of nitrogens with one attached hydrogen (secondary N) is 1. The van der Waals surface area contributed by atoms with E-state index in [4.69, 9.17) is 5.84 Å². The Kier molecular flexibility index (Phi) is 2.96. The molecule has 1 aliphatic rings. The van der Waals surface area contributed by atoms with Crippen molar-refractivity contribution in [2.24, 2.45) is 11.8 Å². The summed E-state index contributed by atoms with van der Waals surface area (Å²) in [4.78, 5) is 11.7. The normalized spacial score (nSPS) is 17.5. The number of nitrogens with two attached hydrogens (primary N) is 1. The van der Waals surface area contributed by atoms with E-state index in [2.05, 4.69) is 10.5 Å². The monoisotopic (exact) mass is 222 g/mol. The van der Waals surface area contributed by atoms with E-state index >= 15 is 0 Å². The third-order valence-corrected chi connectivity index (χ3v) is 2.95. The second-order valence-corrected chi connectivity index (χ2v) is 4.69. The van der Waals surface area contributed by atoms with Gasteiger partial charge in [-0.15, -0.1) is 0 Å². The first-order valence-electron chi connectivity index (χ1n) is 5.69. The van der Waals surface area contributed by atoms with Gasteiger partial charge in [0.1, 0.15) is 6.04 Å². The van der Waals surface area contributed by atoms with E-state index in [1.165, 1.54) is 12.8 Å². The lowest BCUT2D eigenvalue weighted by Crippen LogP contribution is -2.39. The minimum absolute atomic E-state index is 0.163. The molecule has 1 aromatic heterocycles. The van der Waals surface area contributed by atoms with Gasteiger partial charge in [-0.05, 0) is 24.8 Å². The summed E-state index contributed by atoms with van der Waals surface area (Å²) in [6.45, 7) is 3.97. The molecule has 1 amide bonds. The summed E-state index contributed by atoms with van der Waals surface area (Å²) in [7, 11) is 0. The van der Waals surface area contributed by atoms with Gasteiger partial charge in [0, 0.05) is 12.1 Å². The van der Waals surface area contributed by atoms with Gasteiger partial charge in [-0.1, -0.05) is 13.8 Å². The smallest absolute Gasteiger partial charge is 0.258 e. The molecule has 1 heterocycles. The first-order chi connectivity index (χ1) is 7.63. The average Bonchev–Trinajstić information content (AvgIpc) is 2.99. The molecule has 1 aromatic rings. The molecule has 5 nitrogen and oxygen atoms in total. The van der Waals surface area contributed by atoms with Crippen LogP contribution in [0.15, 0.2) is 12.3 Å². The number of carbonyl (C=O) groups excluding carboxylic acids is 1. The van der Waals surface area contributed by atoms with Gasteiger partial charge in [0.05, 0.1) is 5.69 Å². The van der Waals surface area contributed by atoms with Crippen molar-refractivity contribution in [2.45, 2.75) is 38.6 Å². The van der Waals surface area contributed by atoms with Crippen molar-refractivity contribution in [3.63, 3.8) is 0 Å². The van der Waals surface area contributed by atoms with Crippen LogP contribution in [-0.2, 0) is 4.79 Å². The van der Waals surface area contributed by atoms with Crippen LogP contribution in [0, 0.1) is 5.92 Å². The van der Waals surface area contributed by atoms with Crippen LogP contribution in [0.4, 0.5) is 0 Å². The molecule has 0 spiro atoms. The summed E-state index contributed by atoms with van der Waals surface area (Å²) < 4.78 is 1.72. The Bertz CT molecular complexity index is 381. The molecule has 0 radical (unpaired) electrons. The fourth-order valence-corrected chi connectivity index (χ4v) is 1.92. The van der Waals surface area contributed by atoms with Crippen molar-refractivity contribution in [3.8, 4) is 0 Å². The molecule has 88 valence electrons. The summed E-state index contributed by atoms with van der Waals surface area (Å²) in [6, 6.07) is 1.68. The Labute approximate surface area is 95.0 Å². The standard InChI is InChI=1S/C11H18N4O/c1-7(2)10(11(16)13-12)15-6-5-9(14-15)8-3-4-8/h5-8,10H,3-4,12H2,1-2H3,(H,13,16). The predicted octanol–water partition coefficient (Wildman–Crippen LogP) is 0.947. The van der Waals surface area contributed by atoms with Crippen molar-refractivity contribution in [3.05, 3.63) is 18.0 Å². The van der Waals surface area contributed by atoms with E-state index in [9.17, 15) is 4.79 Å². The zero-order valence-electron chi connectivity index (χ0n) is 9.68. The highest BCUT2D eigenvalue weighted by molar-refractivity contribution is 5.79. The maximum atomic E-state index is 11.7. The first-order valence-corrected chi connectivity index (χ1v) is 5.69. The quantitative estimate of drug-likeness (QED) is 0.452. The Balaban J connectivity index is 2.20. The van der Waals surface area contributed by atoms with Gasteiger partial charge in [-0.3, -0.25) is 14.9 Å². The van der Waals surface area contributed by atoms with E-state index in [1.54, 1.807) is 4.68 Å².